The number of nitrogens with zero attached hydrogens (tertiary/aromatic N) is 4. The molecule has 2 aliphatic carbocycles. The van der Waals surface area contributed by atoms with Crippen molar-refractivity contribution in [2.45, 2.75) is 49.6 Å². The van der Waals surface area contributed by atoms with Crippen molar-refractivity contribution in [2.24, 2.45) is 18.9 Å². The SMILES string of the molecule is Cc1ccnc(SCc2nc3cc(NC(=S)N[C@H]4C[C@@H]5CC[C@@H]4C5)ccc3n2C)n1. The molecule has 1 aromatic carbocycles. The molecular formula is C22H26N6S2. The number of benzene rings is 1. The largest absolute Gasteiger partial charge is 0.359 e. The van der Waals surface area contributed by atoms with Gasteiger partial charge in [-0.05, 0) is 74.5 Å². The van der Waals surface area contributed by atoms with Crippen molar-refractivity contribution in [3.63, 3.8) is 0 Å². The molecular weight excluding hydrogens is 412 g/mol. The van der Waals surface area contributed by atoms with Gasteiger partial charge in [-0.25, -0.2) is 15.0 Å². The maximum absolute atomic E-state index is 5.58. The smallest absolute Gasteiger partial charge is 0.188 e. The number of fused-ring (bicyclic) bond motifs is 3. The standard InChI is InChI=1S/C22H26N6S2/c1-13-7-8-23-22(24-13)30-12-20-26-18-11-16(5-6-19(18)28(20)2)25-21(29)27-17-10-14-3-4-15(17)9-14/h5-8,11,14-15,17H,3-4,9-10,12H2,1-2H3,(H2,25,27,29)/t14-,15-,17+/m1/s1. The quantitative estimate of drug-likeness (QED) is 0.347. The Morgan fingerprint density at radius 3 is 2.90 bits per heavy atom. The van der Waals surface area contributed by atoms with Crippen LogP contribution in [0.3, 0.4) is 0 Å². The first-order chi connectivity index (χ1) is 14.5. The molecule has 8 heteroatoms. The Hall–Kier alpha value is -2.19. The normalized spacial score (nSPS) is 22.5. The Morgan fingerprint density at radius 1 is 1.23 bits per heavy atom. The summed E-state index contributed by atoms with van der Waals surface area (Å²) in [5.74, 6) is 3.42. The third-order valence-electron chi connectivity index (χ3n) is 6.39. The van der Waals surface area contributed by atoms with E-state index in [2.05, 4.69) is 50.4 Å². The van der Waals surface area contributed by atoms with Crippen molar-refractivity contribution < 1.29 is 0 Å². The van der Waals surface area contributed by atoms with Crippen molar-refractivity contribution in [3.8, 4) is 0 Å². The van der Waals surface area contributed by atoms with Crippen LogP contribution in [0.1, 0.15) is 37.2 Å². The maximum atomic E-state index is 5.58. The molecule has 0 unspecified atom stereocenters. The highest BCUT2D eigenvalue weighted by molar-refractivity contribution is 7.98. The number of rotatable bonds is 5. The number of anilines is 1. The van der Waals surface area contributed by atoms with Crippen LogP contribution < -0.4 is 10.6 Å². The van der Waals surface area contributed by atoms with Crippen molar-refractivity contribution in [1.29, 1.82) is 0 Å². The van der Waals surface area contributed by atoms with Gasteiger partial charge in [-0.15, -0.1) is 0 Å². The van der Waals surface area contributed by atoms with Gasteiger partial charge in [-0.2, -0.15) is 0 Å². The Labute approximate surface area is 186 Å². The molecule has 0 radical (unpaired) electrons. The van der Waals surface area contributed by atoms with Gasteiger partial charge < -0.3 is 15.2 Å². The average Bonchev–Trinajstić information content (AvgIpc) is 3.41. The minimum absolute atomic E-state index is 0.537. The van der Waals surface area contributed by atoms with Crippen LogP contribution in [0.25, 0.3) is 11.0 Å². The van der Waals surface area contributed by atoms with Crippen LogP contribution in [0.2, 0.25) is 0 Å². The molecule has 2 N–H and O–H groups in total. The van der Waals surface area contributed by atoms with Crippen LogP contribution in [-0.2, 0) is 12.8 Å². The summed E-state index contributed by atoms with van der Waals surface area (Å²) in [6.07, 6.45) is 7.17. The van der Waals surface area contributed by atoms with Gasteiger partial charge in [0.25, 0.3) is 0 Å². The molecule has 0 saturated heterocycles. The molecule has 0 spiro atoms. The summed E-state index contributed by atoms with van der Waals surface area (Å²) in [5, 5.41) is 8.40. The monoisotopic (exact) mass is 438 g/mol. The molecule has 156 valence electrons. The van der Waals surface area contributed by atoms with Crippen molar-refractivity contribution >= 4 is 45.8 Å². The molecule has 2 saturated carbocycles. The molecule has 0 aliphatic heterocycles. The van der Waals surface area contributed by atoms with E-state index in [1.54, 1.807) is 18.0 Å². The lowest BCUT2D eigenvalue weighted by Gasteiger charge is -2.24. The molecule has 2 heterocycles. The van der Waals surface area contributed by atoms with Gasteiger partial charge in [0.05, 0.1) is 16.8 Å². The van der Waals surface area contributed by atoms with E-state index in [0.29, 0.717) is 6.04 Å². The van der Waals surface area contributed by atoms with E-state index < -0.39 is 0 Å². The van der Waals surface area contributed by atoms with Crippen LogP contribution in [0, 0.1) is 18.8 Å². The lowest BCUT2D eigenvalue weighted by atomic mass is 9.96. The van der Waals surface area contributed by atoms with Crippen LogP contribution in [0.15, 0.2) is 35.6 Å². The van der Waals surface area contributed by atoms with E-state index in [-0.39, 0.29) is 0 Å². The minimum Gasteiger partial charge on any atom is -0.359 e. The zero-order chi connectivity index (χ0) is 20.7. The number of hydrogen-bond acceptors (Lipinski definition) is 5. The molecule has 3 aromatic rings. The number of thiocarbonyl (C=S) groups is 1. The molecule has 6 nitrogen and oxygen atoms in total. The van der Waals surface area contributed by atoms with Gasteiger partial charge in [-0.3, -0.25) is 0 Å². The van der Waals surface area contributed by atoms with Gasteiger partial charge in [0, 0.05) is 30.7 Å². The van der Waals surface area contributed by atoms with Crippen molar-refractivity contribution in [3.05, 3.63) is 42.0 Å². The molecule has 3 atom stereocenters. The highest BCUT2D eigenvalue weighted by Gasteiger charge is 2.39. The zero-order valence-corrected chi connectivity index (χ0v) is 18.9. The van der Waals surface area contributed by atoms with Crippen LogP contribution in [-0.4, -0.2) is 30.7 Å². The summed E-state index contributed by atoms with van der Waals surface area (Å²) in [6.45, 7) is 1.98. The van der Waals surface area contributed by atoms with E-state index in [9.17, 15) is 0 Å². The minimum atomic E-state index is 0.537. The Kier molecular flexibility index (Phi) is 5.37. The zero-order valence-electron chi connectivity index (χ0n) is 17.3. The van der Waals surface area contributed by atoms with E-state index in [1.807, 2.05) is 13.0 Å². The van der Waals surface area contributed by atoms with Crippen LogP contribution in [0.5, 0.6) is 0 Å². The fourth-order valence-corrected chi connectivity index (χ4v) is 5.97. The van der Waals surface area contributed by atoms with Crippen LogP contribution in [0.4, 0.5) is 5.69 Å². The highest BCUT2D eigenvalue weighted by Crippen LogP contribution is 2.44. The topological polar surface area (TPSA) is 67.7 Å². The van der Waals surface area contributed by atoms with E-state index >= 15 is 0 Å². The van der Waals surface area contributed by atoms with Gasteiger partial charge in [-0.1, -0.05) is 18.2 Å². The predicted octanol–water partition coefficient (Wildman–Crippen LogP) is 4.44. The summed E-state index contributed by atoms with van der Waals surface area (Å²) >= 11 is 7.19. The lowest BCUT2D eigenvalue weighted by Crippen LogP contribution is -2.40. The summed E-state index contributed by atoms with van der Waals surface area (Å²) < 4.78 is 2.13. The molecule has 2 aliphatic rings. The Bertz CT molecular complexity index is 1090. The second kappa shape index (κ2) is 8.15. The van der Waals surface area contributed by atoms with Crippen LogP contribution >= 0.6 is 24.0 Å². The second-order valence-electron chi connectivity index (χ2n) is 8.44. The molecule has 2 bridgehead atoms. The average molecular weight is 439 g/mol. The fourth-order valence-electron chi connectivity index (χ4n) is 4.84. The molecule has 5 rings (SSSR count). The summed E-state index contributed by atoms with van der Waals surface area (Å²) in [5.41, 5.74) is 4.02. The summed E-state index contributed by atoms with van der Waals surface area (Å²) in [7, 11) is 2.05. The number of thioether (sulfide) groups is 1. The van der Waals surface area contributed by atoms with E-state index in [1.165, 1.54) is 25.7 Å². The van der Waals surface area contributed by atoms with Gasteiger partial charge >= 0.3 is 0 Å². The van der Waals surface area contributed by atoms with E-state index in [4.69, 9.17) is 17.2 Å². The maximum Gasteiger partial charge on any atom is 0.188 e. The predicted molar refractivity (Wildman–Crippen MR) is 126 cm³/mol. The summed E-state index contributed by atoms with van der Waals surface area (Å²) in [6, 6.07) is 8.68. The Morgan fingerprint density at radius 2 is 2.13 bits per heavy atom. The first kappa shape index (κ1) is 19.8. The first-order valence-corrected chi connectivity index (χ1v) is 11.9. The molecule has 0 amide bonds. The summed E-state index contributed by atoms with van der Waals surface area (Å²) in [4.78, 5) is 13.6. The highest BCUT2D eigenvalue weighted by atomic mass is 32.2. The third-order valence-corrected chi connectivity index (χ3v) is 7.47. The third kappa shape index (κ3) is 4.03. The first-order valence-electron chi connectivity index (χ1n) is 10.5. The lowest BCUT2D eigenvalue weighted by molar-refractivity contribution is 0.392. The van der Waals surface area contributed by atoms with Crippen molar-refractivity contribution in [1.82, 2.24) is 24.8 Å². The number of aromatic nitrogens is 4. The number of imidazole rings is 1. The number of hydrogen-bond donors (Lipinski definition) is 2. The van der Waals surface area contributed by atoms with Gasteiger partial charge in [0.15, 0.2) is 10.3 Å². The second-order valence-corrected chi connectivity index (χ2v) is 9.79. The number of aryl methyl sites for hydroxylation is 2. The molecule has 2 aromatic heterocycles. The fraction of sp³-hybridized carbons (Fsp3) is 0.455. The van der Waals surface area contributed by atoms with Gasteiger partial charge in [0.2, 0.25) is 0 Å². The van der Waals surface area contributed by atoms with Crippen molar-refractivity contribution in [2.75, 3.05) is 5.32 Å². The van der Waals surface area contributed by atoms with E-state index in [0.717, 1.165) is 56.1 Å². The number of nitrogens with one attached hydrogen (secondary N) is 2. The molecule has 2 fully saturated rings. The molecule has 30 heavy (non-hydrogen) atoms. The Balaban J connectivity index is 1.25. The van der Waals surface area contributed by atoms with Gasteiger partial charge in [0.1, 0.15) is 5.82 Å².